The molecule has 0 saturated carbocycles. The van der Waals surface area contributed by atoms with Crippen molar-refractivity contribution in [1.29, 1.82) is 0 Å². The van der Waals surface area contributed by atoms with Gasteiger partial charge in [0.05, 0.1) is 5.39 Å². The van der Waals surface area contributed by atoms with Crippen LogP contribution >= 0.6 is 0 Å². The van der Waals surface area contributed by atoms with E-state index in [0.717, 1.165) is 11.6 Å². The lowest BCUT2D eigenvalue weighted by Crippen LogP contribution is -1.80. The van der Waals surface area contributed by atoms with Crippen molar-refractivity contribution in [3.8, 4) is 0 Å². The molecule has 2 aromatic heterocycles. The first-order chi connectivity index (χ1) is 7.65. The van der Waals surface area contributed by atoms with Gasteiger partial charge < -0.3 is 4.42 Å². The maximum Gasteiger partial charge on any atom is 0.172 e. The van der Waals surface area contributed by atoms with Gasteiger partial charge in [0, 0.05) is 12.3 Å². The van der Waals surface area contributed by atoms with Gasteiger partial charge in [-0.05, 0) is 24.6 Å². The topological polar surface area (TPSA) is 26.0 Å². The standard InChI is InChI=1S/C12H7F2NO/c1-6-2-10-11(15-5-6)8-3-7(13)4-9(14)12(8)16-10/h2-5H,1H3. The van der Waals surface area contributed by atoms with Crippen LogP contribution in [-0.2, 0) is 0 Å². The molecular formula is C12H7F2NO. The predicted molar refractivity (Wildman–Crippen MR) is 56.2 cm³/mol. The largest absolute Gasteiger partial charge is 0.451 e. The van der Waals surface area contributed by atoms with Crippen LogP contribution in [-0.4, -0.2) is 4.98 Å². The third kappa shape index (κ3) is 1.19. The summed E-state index contributed by atoms with van der Waals surface area (Å²) >= 11 is 0. The average Bonchev–Trinajstić information content (AvgIpc) is 2.56. The maximum absolute atomic E-state index is 13.4. The molecule has 1 aromatic carbocycles. The molecule has 4 heteroatoms. The molecule has 2 heterocycles. The molecule has 0 aliphatic heterocycles. The van der Waals surface area contributed by atoms with Crippen molar-refractivity contribution in [2.75, 3.05) is 0 Å². The van der Waals surface area contributed by atoms with E-state index >= 15 is 0 Å². The van der Waals surface area contributed by atoms with Crippen molar-refractivity contribution >= 4 is 22.1 Å². The molecule has 0 bridgehead atoms. The number of hydrogen-bond acceptors (Lipinski definition) is 2. The first-order valence-electron chi connectivity index (χ1n) is 4.79. The number of halogens is 2. The SMILES string of the molecule is Cc1cnc2c(c1)oc1c(F)cc(F)cc12. The van der Waals surface area contributed by atoms with Gasteiger partial charge in [0.2, 0.25) is 0 Å². The zero-order chi connectivity index (χ0) is 11.3. The molecule has 0 amide bonds. The quantitative estimate of drug-likeness (QED) is 0.577. The van der Waals surface area contributed by atoms with Gasteiger partial charge in [-0.25, -0.2) is 8.78 Å². The zero-order valence-corrected chi connectivity index (χ0v) is 8.42. The minimum Gasteiger partial charge on any atom is -0.451 e. The Hall–Kier alpha value is -1.97. The van der Waals surface area contributed by atoms with Crippen molar-refractivity contribution in [2.24, 2.45) is 0 Å². The Bertz CT molecular complexity index is 703. The number of benzene rings is 1. The van der Waals surface area contributed by atoms with Crippen LogP contribution in [0.3, 0.4) is 0 Å². The van der Waals surface area contributed by atoms with Gasteiger partial charge in [0.15, 0.2) is 17.0 Å². The number of aryl methyl sites for hydroxylation is 1. The van der Waals surface area contributed by atoms with Gasteiger partial charge in [-0.2, -0.15) is 0 Å². The minimum absolute atomic E-state index is 0.0505. The molecule has 0 N–H and O–H groups in total. The molecule has 16 heavy (non-hydrogen) atoms. The summed E-state index contributed by atoms with van der Waals surface area (Å²) in [4.78, 5) is 4.12. The first-order valence-corrected chi connectivity index (χ1v) is 4.79. The van der Waals surface area contributed by atoms with E-state index in [2.05, 4.69) is 4.98 Å². The van der Waals surface area contributed by atoms with E-state index in [1.807, 2.05) is 6.92 Å². The van der Waals surface area contributed by atoms with Gasteiger partial charge in [-0.15, -0.1) is 0 Å². The summed E-state index contributed by atoms with van der Waals surface area (Å²) in [5.74, 6) is -1.33. The maximum atomic E-state index is 13.4. The van der Waals surface area contributed by atoms with Crippen LogP contribution in [0, 0.1) is 18.6 Å². The molecule has 0 aliphatic carbocycles. The molecule has 2 nitrogen and oxygen atoms in total. The van der Waals surface area contributed by atoms with E-state index in [1.54, 1.807) is 12.3 Å². The number of hydrogen-bond donors (Lipinski definition) is 0. The van der Waals surface area contributed by atoms with Crippen LogP contribution < -0.4 is 0 Å². The van der Waals surface area contributed by atoms with Crippen molar-refractivity contribution in [3.63, 3.8) is 0 Å². The Balaban J connectivity index is 2.55. The highest BCUT2D eigenvalue weighted by Gasteiger charge is 2.13. The Morgan fingerprint density at radius 2 is 2.00 bits per heavy atom. The molecule has 3 rings (SSSR count). The zero-order valence-electron chi connectivity index (χ0n) is 8.42. The summed E-state index contributed by atoms with van der Waals surface area (Å²) in [5, 5.41) is 0.368. The number of rotatable bonds is 0. The van der Waals surface area contributed by atoms with Gasteiger partial charge in [0.1, 0.15) is 11.3 Å². The van der Waals surface area contributed by atoms with Crippen LogP contribution in [0.4, 0.5) is 8.78 Å². The average molecular weight is 219 g/mol. The van der Waals surface area contributed by atoms with Crippen LogP contribution in [0.25, 0.3) is 22.1 Å². The molecular weight excluding hydrogens is 212 g/mol. The van der Waals surface area contributed by atoms with Crippen LogP contribution in [0.2, 0.25) is 0 Å². The Morgan fingerprint density at radius 3 is 2.81 bits per heavy atom. The third-order valence-electron chi connectivity index (χ3n) is 2.46. The summed E-state index contributed by atoms with van der Waals surface area (Å²) in [6, 6.07) is 3.78. The van der Waals surface area contributed by atoms with Gasteiger partial charge >= 0.3 is 0 Å². The first kappa shape index (κ1) is 9.27. The Kier molecular flexibility index (Phi) is 1.74. The van der Waals surface area contributed by atoms with Crippen molar-refractivity contribution < 1.29 is 13.2 Å². The van der Waals surface area contributed by atoms with E-state index < -0.39 is 11.6 Å². The molecule has 0 unspecified atom stereocenters. The highest BCUT2D eigenvalue weighted by Crippen LogP contribution is 2.29. The number of fused-ring (bicyclic) bond motifs is 3. The Labute approximate surface area is 89.5 Å². The van der Waals surface area contributed by atoms with E-state index in [-0.39, 0.29) is 5.58 Å². The van der Waals surface area contributed by atoms with E-state index in [1.165, 1.54) is 6.07 Å². The summed E-state index contributed by atoms with van der Waals surface area (Å²) in [6.07, 6.45) is 1.64. The van der Waals surface area contributed by atoms with Crippen LogP contribution in [0.1, 0.15) is 5.56 Å². The van der Waals surface area contributed by atoms with E-state index in [0.29, 0.717) is 16.5 Å². The lowest BCUT2D eigenvalue weighted by Gasteiger charge is -1.91. The minimum atomic E-state index is -0.703. The summed E-state index contributed by atoms with van der Waals surface area (Å²) in [6.45, 7) is 1.86. The molecule has 80 valence electrons. The number of pyridine rings is 1. The fourth-order valence-electron chi connectivity index (χ4n) is 1.77. The lowest BCUT2D eigenvalue weighted by atomic mass is 10.2. The van der Waals surface area contributed by atoms with Crippen molar-refractivity contribution in [3.05, 3.63) is 41.6 Å². The van der Waals surface area contributed by atoms with E-state index in [4.69, 9.17) is 4.42 Å². The van der Waals surface area contributed by atoms with Crippen molar-refractivity contribution in [2.45, 2.75) is 6.92 Å². The Morgan fingerprint density at radius 1 is 1.19 bits per heavy atom. The van der Waals surface area contributed by atoms with Crippen LogP contribution in [0.15, 0.2) is 28.8 Å². The highest BCUT2D eigenvalue weighted by molar-refractivity contribution is 6.02. The molecule has 3 aromatic rings. The second-order valence-electron chi connectivity index (χ2n) is 3.73. The monoisotopic (exact) mass is 219 g/mol. The molecule has 0 fully saturated rings. The van der Waals surface area contributed by atoms with Crippen molar-refractivity contribution in [1.82, 2.24) is 4.98 Å². The van der Waals surface area contributed by atoms with Gasteiger partial charge in [0.25, 0.3) is 0 Å². The fourth-order valence-corrected chi connectivity index (χ4v) is 1.77. The molecule has 0 aliphatic rings. The smallest absolute Gasteiger partial charge is 0.172 e. The summed E-state index contributed by atoms with van der Waals surface area (Å²) in [7, 11) is 0. The predicted octanol–water partition coefficient (Wildman–Crippen LogP) is 3.57. The molecule has 0 radical (unpaired) electrons. The second-order valence-corrected chi connectivity index (χ2v) is 3.73. The van der Waals surface area contributed by atoms with Gasteiger partial charge in [-0.1, -0.05) is 0 Å². The lowest BCUT2D eigenvalue weighted by molar-refractivity contribution is 0.562. The second kappa shape index (κ2) is 3.01. The summed E-state index contributed by atoms with van der Waals surface area (Å²) in [5.41, 5.74) is 1.92. The highest BCUT2D eigenvalue weighted by atomic mass is 19.1. The molecule has 0 saturated heterocycles. The fraction of sp³-hybridized carbons (Fsp3) is 0.0833. The van der Waals surface area contributed by atoms with Crippen LogP contribution in [0.5, 0.6) is 0 Å². The number of nitrogens with zero attached hydrogens (tertiary/aromatic N) is 1. The third-order valence-corrected chi connectivity index (χ3v) is 2.46. The number of aromatic nitrogens is 1. The van der Waals surface area contributed by atoms with Gasteiger partial charge in [-0.3, -0.25) is 4.98 Å². The molecule has 0 spiro atoms. The normalized spacial score (nSPS) is 11.4. The number of furan rings is 1. The van der Waals surface area contributed by atoms with E-state index in [9.17, 15) is 8.78 Å². The summed E-state index contributed by atoms with van der Waals surface area (Å²) < 4.78 is 31.8. The molecule has 0 atom stereocenters.